The van der Waals surface area contributed by atoms with Gasteiger partial charge in [0.05, 0.1) is 0 Å². The van der Waals surface area contributed by atoms with Crippen molar-refractivity contribution >= 4 is 0 Å². The molecule has 0 N–H and O–H groups in total. The van der Waals surface area contributed by atoms with Gasteiger partial charge in [0.1, 0.15) is 0 Å². The molecule has 5 saturated carbocycles. The van der Waals surface area contributed by atoms with Gasteiger partial charge in [-0.05, 0) is 122 Å². The lowest BCUT2D eigenvalue weighted by Gasteiger charge is -2.68. The molecule has 0 aliphatic heterocycles. The van der Waals surface area contributed by atoms with Gasteiger partial charge in [0.15, 0.2) is 0 Å². The van der Waals surface area contributed by atoms with E-state index in [4.69, 9.17) is 0 Å². The van der Waals surface area contributed by atoms with E-state index in [1.54, 1.807) is 57.8 Å². The van der Waals surface area contributed by atoms with E-state index in [1.165, 1.54) is 19.3 Å². The van der Waals surface area contributed by atoms with Crippen molar-refractivity contribution in [1.82, 2.24) is 0 Å². The minimum absolute atomic E-state index is 0.611. The Labute approximate surface area is 169 Å². The zero-order valence-electron chi connectivity index (χ0n) is 19.0. The molecule has 0 radical (unpaired) electrons. The van der Waals surface area contributed by atoms with E-state index in [2.05, 4.69) is 34.6 Å². The van der Waals surface area contributed by atoms with Gasteiger partial charge in [-0.3, -0.25) is 0 Å². The van der Waals surface area contributed by atoms with Crippen LogP contribution in [0, 0.1) is 57.7 Å². The number of hydrogen-bond acceptors (Lipinski definition) is 0. The van der Waals surface area contributed by atoms with Crippen LogP contribution in [0.4, 0.5) is 0 Å². The average Bonchev–Trinajstić information content (AvgIpc) is 3.04. The lowest BCUT2D eigenvalue weighted by atomic mass is 9.36. The predicted molar refractivity (Wildman–Crippen MR) is 116 cm³/mol. The van der Waals surface area contributed by atoms with Crippen LogP contribution < -0.4 is 0 Å². The lowest BCUT2D eigenvalue weighted by molar-refractivity contribution is -0.196. The quantitative estimate of drug-likeness (QED) is 0.437. The molecule has 0 saturated heterocycles. The van der Waals surface area contributed by atoms with Gasteiger partial charge in [0.25, 0.3) is 0 Å². The van der Waals surface area contributed by atoms with E-state index in [-0.39, 0.29) is 0 Å². The molecule has 9 atom stereocenters. The van der Waals surface area contributed by atoms with Gasteiger partial charge in [0, 0.05) is 0 Å². The highest BCUT2D eigenvalue weighted by Crippen LogP contribution is 2.73. The second-order valence-corrected chi connectivity index (χ2v) is 12.9. The maximum absolute atomic E-state index is 2.80. The van der Waals surface area contributed by atoms with E-state index in [9.17, 15) is 0 Å². The van der Waals surface area contributed by atoms with Crippen molar-refractivity contribution in [2.75, 3.05) is 0 Å². The summed E-state index contributed by atoms with van der Waals surface area (Å²) in [7, 11) is 0. The number of fused-ring (bicyclic) bond motifs is 7. The Hall–Kier alpha value is 0. The third kappa shape index (κ3) is 2.46. The summed E-state index contributed by atoms with van der Waals surface area (Å²) in [6.07, 6.45) is 18.5. The lowest BCUT2D eigenvalue weighted by Crippen LogP contribution is -2.61. The molecule has 5 fully saturated rings. The molecular formula is C27H46. The van der Waals surface area contributed by atoms with E-state index < -0.39 is 0 Å². The van der Waals surface area contributed by atoms with Crippen molar-refractivity contribution < 1.29 is 0 Å². The topological polar surface area (TPSA) is 0 Å². The van der Waals surface area contributed by atoms with Crippen LogP contribution in [0.2, 0.25) is 0 Å². The molecule has 0 aromatic heterocycles. The summed E-state index contributed by atoms with van der Waals surface area (Å²) >= 11 is 0. The van der Waals surface area contributed by atoms with Crippen LogP contribution in [0.5, 0.6) is 0 Å². The van der Waals surface area contributed by atoms with Crippen LogP contribution in [0.25, 0.3) is 0 Å². The fourth-order valence-corrected chi connectivity index (χ4v) is 10.6. The minimum Gasteiger partial charge on any atom is -0.0651 e. The van der Waals surface area contributed by atoms with E-state index in [1.807, 2.05) is 0 Å². The van der Waals surface area contributed by atoms with Gasteiger partial charge in [-0.15, -0.1) is 0 Å². The molecule has 0 bridgehead atoms. The standard InChI is InChI=1S/C27H46/c1-6-18-9-10-20-19(18)13-16-26(4)23(20)11-12-24-21-8-7-15-25(2,3)22(21)14-17-27(24,26)5/h18-24H,6-17H2,1-5H3. The second kappa shape index (κ2) is 6.25. The van der Waals surface area contributed by atoms with Crippen LogP contribution in [0.15, 0.2) is 0 Å². The highest BCUT2D eigenvalue weighted by molar-refractivity contribution is 5.13. The van der Waals surface area contributed by atoms with E-state index in [0.29, 0.717) is 16.2 Å². The molecular weight excluding hydrogens is 324 g/mol. The molecule has 154 valence electrons. The van der Waals surface area contributed by atoms with Crippen molar-refractivity contribution in [3.63, 3.8) is 0 Å². The highest BCUT2D eigenvalue weighted by Gasteiger charge is 2.65. The van der Waals surface area contributed by atoms with Crippen LogP contribution >= 0.6 is 0 Å². The Balaban J connectivity index is 1.46. The fraction of sp³-hybridized carbons (Fsp3) is 1.00. The molecule has 0 aromatic carbocycles. The third-order valence-electron chi connectivity index (χ3n) is 12.2. The van der Waals surface area contributed by atoms with Crippen LogP contribution in [0.1, 0.15) is 112 Å². The molecule has 5 rings (SSSR count). The molecule has 9 unspecified atom stereocenters. The normalized spacial score (nSPS) is 56.6. The first-order valence-electron chi connectivity index (χ1n) is 12.8. The SMILES string of the molecule is CCC1CCC2C1CCC1(C)C2CCC2C3CCCC(C)(C)C3CCC21C. The average molecular weight is 371 g/mol. The zero-order valence-corrected chi connectivity index (χ0v) is 19.0. The van der Waals surface area contributed by atoms with Gasteiger partial charge in [-0.1, -0.05) is 47.5 Å². The number of rotatable bonds is 1. The molecule has 0 heteroatoms. The maximum atomic E-state index is 2.80. The van der Waals surface area contributed by atoms with Crippen molar-refractivity contribution in [3.05, 3.63) is 0 Å². The first-order valence-corrected chi connectivity index (χ1v) is 12.8. The summed E-state index contributed by atoms with van der Waals surface area (Å²) in [6, 6.07) is 0. The Morgan fingerprint density at radius 1 is 0.593 bits per heavy atom. The van der Waals surface area contributed by atoms with Crippen LogP contribution in [-0.4, -0.2) is 0 Å². The molecule has 0 spiro atoms. The summed E-state index contributed by atoms with van der Waals surface area (Å²) in [6.45, 7) is 13.3. The Bertz CT molecular complexity index is 575. The highest BCUT2D eigenvalue weighted by atomic mass is 14.7. The third-order valence-corrected chi connectivity index (χ3v) is 12.2. The first-order chi connectivity index (χ1) is 12.8. The maximum Gasteiger partial charge on any atom is -0.0238 e. The zero-order chi connectivity index (χ0) is 19.0. The number of hydrogen-bond donors (Lipinski definition) is 0. The summed E-state index contributed by atoms with van der Waals surface area (Å²) in [4.78, 5) is 0. The van der Waals surface area contributed by atoms with Crippen molar-refractivity contribution in [3.8, 4) is 0 Å². The molecule has 5 aliphatic rings. The van der Waals surface area contributed by atoms with Crippen molar-refractivity contribution in [2.45, 2.75) is 112 Å². The predicted octanol–water partition coefficient (Wildman–Crippen LogP) is 8.11. The second-order valence-electron chi connectivity index (χ2n) is 12.9. The van der Waals surface area contributed by atoms with Gasteiger partial charge in [-0.2, -0.15) is 0 Å². The Kier molecular flexibility index (Phi) is 4.39. The van der Waals surface area contributed by atoms with E-state index >= 15 is 0 Å². The van der Waals surface area contributed by atoms with Gasteiger partial charge >= 0.3 is 0 Å². The largest absolute Gasteiger partial charge is 0.0651 e. The minimum atomic E-state index is 0.611. The summed E-state index contributed by atoms with van der Waals surface area (Å²) in [5, 5.41) is 0. The fourth-order valence-electron chi connectivity index (χ4n) is 10.6. The van der Waals surface area contributed by atoms with Gasteiger partial charge < -0.3 is 0 Å². The summed E-state index contributed by atoms with van der Waals surface area (Å²) < 4.78 is 0. The van der Waals surface area contributed by atoms with Crippen LogP contribution in [-0.2, 0) is 0 Å². The van der Waals surface area contributed by atoms with Crippen molar-refractivity contribution in [1.29, 1.82) is 0 Å². The molecule has 5 aliphatic carbocycles. The van der Waals surface area contributed by atoms with Gasteiger partial charge in [-0.25, -0.2) is 0 Å². The first kappa shape index (κ1) is 19.0. The van der Waals surface area contributed by atoms with Crippen molar-refractivity contribution in [2.24, 2.45) is 57.7 Å². The molecule has 0 aromatic rings. The molecule has 27 heavy (non-hydrogen) atoms. The molecule has 0 heterocycles. The van der Waals surface area contributed by atoms with Gasteiger partial charge in [0.2, 0.25) is 0 Å². The smallest absolute Gasteiger partial charge is 0.0238 e. The monoisotopic (exact) mass is 370 g/mol. The summed E-state index contributed by atoms with van der Waals surface area (Å²) in [5.74, 6) is 7.43. The van der Waals surface area contributed by atoms with Crippen LogP contribution in [0.3, 0.4) is 0 Å². The summed E-state index contributed by atoms with van der Waals surface area (Å²) in [5.41, 5.74) is 1.89. The Morgan fingerprint density at radius 2 is 1.26 bits per heavy atom. The molecule has 0 nitrogen and oxygen atoms in total. The Morgan fingerprint density at radius 3 is 1.96 bits per heavy atom. The molecule has 0 amide bonds. The van der Waals surface area contributed by atoms with E-state index in [0.717, 1.165) is 41.4 Å².